The summed E-state index contributed by atoms with van der Waals surface area (Å²) in [6.07, 6.45) is -3.67. The Morgan fingerprint density at radius 3 is 2.16 bits per heavy atom. The maximum absolute atomic E-state index is 11.1. The molecule has 1 rings (SSSR count). The summed E-state index contributed by atoms with van der Waals surface area (Å²) in [5, 5.41) is 9.27. The number of aliphatic hydroxyl groups excluding tert-OH is 1. The van der Waals surface area contributed by atoms with Gasteiger partial charge in [0.15, 0.2) is 18.5 Å². The summed E-state index contributed by atoms with van der Waals surface area (Å²) in [6.45, 7) is 1.98. The van der Waals surface area contributed by atoms with E-state index in [1.165, 1.54) is 21.0 Å². The second-order valence-electron chi connectivity index (χ2n) is 4.19. The third-order valence-corrected chi connectivity index (χ3v) is 2.71. The second kappa shape index (κ2) is 6.80. The van der Waals surface area contributed by atoms with Gasteiger partial charge in [-0.3, -0.25) is 9.59 Å². The van der Waals surface area contributed by atoms with E-state index >= 15 is 0 Å². The zero-order valence-electron chi connectivity index (χ0n) is 11.1. The molecule has 0 amide bonds. The number of carbonyl (C=O) groups is 2. The zero-order chi connectivity index (χ0) is 14.6. The minimum Gasteiger partial charge on any atom is -0.457 e. The smallest absolute Gasteiger partial charge is 0.303 e. The van der Waals surface area contributed by atoms with Crippen LogP contribution in [0, 0.1) is 0 Å². The van der Waals surface area contributed by atoms with Gasteiger partial charge in [0.05, 0.1) is 12.6 Å². The van der Waals surface area contributed by atoms with E-state index in [1.807, 2.05) is 0 Å². The molecule has 1 heterocycles. The minimum atomic E-state index is -0.979. The van der Waals surface area contributed by atoms with Crippen molar-refractivity contribution in [3.63, 3.8) is 0 Å². The summed E-state index contributed by atoms with van der Waals surface area (Å²) in [4.78, 5) is 22.2. The SMILES string of the molecule is CO[C@H]1O[C@H](CO)[C@@H](OC(C)=O)[C@H](OC(C)=O)[C@H]1N. The van der Waals surface area contributed by atoms with Crippen molar-refractivity contribution in [2.24, 2.45) is 5.73 Å². The molecule has 1 aliphatic rings. The first-order chi connectivity index (χ1) is 8.90. The highest BCUT2D eigenvalue weighted by atomic mass is 16.7. The van der Waals surface area contributed by atoms with Crippen molar-refractivity contribution in [2.75, 3.05) is 13.7 Å². The molecule has 1 aliphatic heterocycles. The first-order valence-electron chi connectivity index (χ1n) is 5.79. The molecule has 0 aliphatic carbocycles. The van der Waals surface area contributed by atoms with Gasteiger partial charge in [0, 0.05) is 21.0 Å². The molecule has 0 aromatic carbocycles. The summed E-state index contributed by atoms with van der Waals surface area (Å²) in [6, 6.07) is -0.832. The number of hydrogen-bond acceptors (Lipinski definition) is 8. The lowest BCUT2D eigenvalue weighted by Gasteiger charge is -2.42. The van der Waals surface area contributed by atoms with E-state index in [9.17, 15) is 14.7 Å². The molecule has 8 heteroatoms. The Balaban J connectivity index is 2.96. The van der Waals surface area contributed by atoms with Crippen LogP contribution in [0.3, 0.4) is 0 Å². The Hall–Kier alpha value is -1.22. The normalized spacial score (nSPS) is 34.7. The predicted octanol–water partition coefficient (Wildman–Crippen LogP) is -1.46. The molecule has 0 saturated carbocycles. The quantitative estimate of drug-likeness (QED) is 0.599. The Morgan fingerprint density at radius 2 is 1.74 bits per heavy atom. The topological polar surface area (TPSA) is 117 Å². The van der Waals surface area contributed by atoms with Crippen LogP contribution in [0.2, 0.25) is 0 Å². The Labute approximate surface area is 110 Å². The van der Waals surface area contributed by atoms with E-state index in [1.54, 1.807) is 0 Å². The van der Waals surface area contributed by atoms with Crippen molar-refractivity contribution < 1.29 is 33.6 Å². The number of aliphatic hydroxyl groups is 1. The predicted molar refractivity (Wildman–Crippen MR) is 61.8 cm³/mol. The van der Waals surface area contributed by atoms with E-state index in [-0.39, 0.29) is 0 Å². The molecule has 0 spiro atoms. The summed E-state index contributed by atoms with van der Waals surface area (Å²) >= 11 is 0. The van der Waals surface area contributed by atoms with Crippen LogP contribution in [0.4, 0.5) is 0 Å². The van der Waals surface area contributed by atoms with Crippen molar-refractivity contribution >= 4 is 11.9 Å². The standard InChI is InChI=1S/C11H19NO7/c1-5(14)17-9-7(4-13)19-11(16-3)8(12)10(9)18-6(2)15/h7-11,13H,4,12H2,1-3H3/t7-,8-,9-,10-,11+/m1/s1. The maximum atomic E-state index is 11.1. The molecule has 1 fully saturated rings. The third kappa shape index (κ3) is 3.87. The van der Waals surface area contributed by atoms with Gasteiger partial charge < -0.3 is 29.8 Å². The van der Waals surface area contributed by atoms with Crippen molar-refractivity contribution in [2.45, 2.75) is 44.5 Å². The lowest BCUT2D eigenvalue weighted by molar-refractivity contribution is -0.266. The van der Waals surface area contributed by atoms with Crippen LogP contribution in [-0.4, -0.2) is 61.4 Å². The van der Waals surface area contributed by atoms with Gasteiger partial charge >= 0.3 is 11.9 Å². The Bertz CT molecular complexity index is 335. The molecule has 3 N–H and O–H groups in total. The molecule has 1 saturated heterocycles. The van der Waals surface area contributed by atoms with Gasteiger partial charge in [-0.1, -0.05) is 0 Å². The highest BCUT2D eigenvalue weighted by Gasteiger charge is 2.48. The highest BCUT2D eigenvalue weighted by Crippen LogP contribution is 2.25. The van der Waals surface area contributed by atoms with Crippen LogP contribution in [0.25, 0.3) is 0 Å². The van der Waals surface area contributed by atoms with Gasteiger partial charge in [-0.05, 0) is 0 Å². The number of rotatable bonds is 4. The molecule has 8 nitrogen and oxygen atoms in total. The summed E-state index contributed by atoms with van der Waals surface area (Å²) in [5.74, 6) is -1.17. The van der Waals surface area contributed by atoms with E-state index < -0.39 is 49.2 Å². The van der Waals surface area contributed by atoms with Gasteiger partial charge in [-0.2, -0.15) is 0 Å². The van der Waals surface area contributed by atoms with Gasteiger partial charge in [0.2, 0.25) is 0 Å². The zero-order valence-corrected chi connectivity index (χ0v) is 11.1. The van der Waals surface area contributed by atoms with Gasteiger partial charge in [-0.15, -0.1) is 0 Å². The molecule has 0 aromatic heterocycles. The van der Waals surface area contributed by atoms with Gasteiger partial charge in [0.25, 0.3) is 0 Å². The Morgan fingerprint density at radius 1 is 1.21 bits per heavy atom. The van der Waals surface area contributed by atoms with Crippen LogP contribution < -0.4 is 5.73 Å². The van der Waals surface area contributed by atoms with E-state index in [4.69, 9.17) is 24.7 Å². The summed E-state index contributed by atoms with van der Waals surface area (Å²) in [7, 11) is 1.37. The fraction of sp³-hybridized carbons (Fsp3) is 0.818. The summed E-state index contributed by atoms with van der Waals surface area (Å²) < 4.78 is 20.5. The first-order valence-corrected chi connectivity index (χ1v) is 5.79. The molecule has 110 valence electrons. The fourth-order valence-corrected chi connectivity index (χ4v) is 1.96. The monoisotopic (exact) mass is 277 g/mol. The number of nitrogens with two attached hydrogens (primary N) is 1. The number of methoxy groups -OCH3 is 1. The minimum absolute atomic E-state index is 0.428. The molecule has 0 unspecified atom stereocenters. The van der Waals surface area contributed by atoms with Gasteiger partial charge in [0.1, 0.15) is 6.10 Å². The van der Waals surface area contributed by atoms with Crippen molar-refractivity contribution in [3.05, 3.63) is 0 Å². The van der Waals surface area contributed by atoms with Crippen LogP contribution in [-0.2, 0) is 28.5 Å². The lowest BCUT2D eigenvalue weighted by atomic mass is 9.97. The van der Waals surface area contributed by atoms with E-state index in [2.05, 4.69) is 0 Å². The molecular formula is C11H19NO7. The van der Waals surface area contributed by atoms with Crippen LogP contribution >= 0.6 is 0 Å². The van der Waals surface area contributed by atoms with Crippen molar-refractivity contribution in [1.29, 1.82) is 0 Å². The average molecular weight is 277 g/mol. The van der Waals surface area contributed by atoms with Crippen molar-refractivity contribution in [3.8, 4) is 0 Å². The fourth-order valence-electron chi connectivity index (χ4n) is 1.96. The molecule has 0 bridgehead atoms. The lowest BCUT2D eigenvalue weighted by Crippen LogP contribution is -2.64. The number of hydrogen-bond donors (Lipinski definition) is 2. The molecular weight excluding hydrogens is 258 g/mol. The van der Waals surface area contributed by atoms with E-state index in [0.717, 1.165) is 0 Å². The van der Waals surface area contributed by atoms with Crippen molar-refractivity contribution in [1.82, 2.24) is 0 Å². The van der Waals surface area contributed by atoms with Crippen LogP contribution in [0.15, 0.2) is 0 Å². The molecule has 5 atom stereocenters. The second-order valence-corrected chi connectivity index (χ2v) is 4.19. The highest BCUT2D eigenvalue weighted by molar-refractivity contribution is 5.67. The number of carbonyl (C=O) groups excluding carboxylic acids is 2. The molecule has 19 heavy (non-hydrogen) atoms. The van der Waals surface area contributed by atoms with Gasteiger partial charge in [-0.25, -0.2) is 0 Å². The Kier molecular flexibility index (Phi) is 5.67. The first kappa shape index (κ1) is 15.8. The molecule has 0 aromatic rings. The maximum Gasteiger partial charge on any atom is 0.303 e. The number of esters is 2. The largest absolute Gasteiger partial charge is 0.457 e. The average Bonchev–Trinajstić information content (AvgIpc) is 2.33. The third-order valence-electron chi connectivity index (χ3n) is 2.71. The van der Waals surface area contributed by atoms with Crippen LogP contribution in [0.5, 0.6) is 0 Å². The van der Waals surface area contributed by atoms with E-state index in [0.29, 0.717) is 0 Å². The van der Waals surface area contributed by atoms with Crippen LogP contribution in [0.1, 0.15) is 13.8 Å². The molecule has 0 radical (unpaired) electrons. The summed E-state index contributed by atoms with van der Waals surface area (Å²) in [5.41, 5.74) is 5.86. The number of ether oxygens (including phenoxy) is 4.